The summed E-state index contributed by atoms with van der Waals surface area (Å²) in [7, 11) is 0. The van der Waals surface area contributed by atoms with Crippen LogP contribution in [-0.2, 0) is 9.47 Å². The zero-order valence-corrected chi connectivity index (χ0v) is 10.3. The molecule has 2 unspecified atom stereocenters. The number of hydrogen-bond acceptors (Lipinski definition) is 3. The summed E-state index contributed by atoms with van der Waals surface area (Å²) in [6.45, 7) is 10.3. The Morgan fingerprint density at radius 3 is 2.80 bits per heavy atom. The highest BCUT2D eigenvalue weighted by atomic mass is 16.5. The molecule has 1 heterocycles. The Kier molecular flexibility index (Phi) is 6.22. The summed E-state index contributed by atoms with van der Waals surface area (Å²) in [5, 5.41) is 3.42. The Bertz CT molecular complexity index is 156. The van der Waals surface area contributed by atoms with Crippen molar-refractivity contribution in [1.82, 2.24) is 5.32 Å². The van der Waals surface area contributed by atoms with Gasteiger partial charge in [-0.2, -0.15) is 0 Å². The van der Waals surface area contributed by atoms with E-state index in [2.05, 4.69) is 26.1 Å². The van der Waals surface area contributed by atoms with Crippen molar-refractivity contribution >= 4 is 0 Å². The lowest BCUT2D eigenvalue weighted by Crippen LogP contribution is -2.31. The second kappa shape index (κ2) is 7.20. The highest BCUT2D eigenvalue weighted by Gasteiger charge is 2.18. The molecule has 1 saturated heterocycles. The molecule has 0 spiro atoms. The Hall–Kier alpha value is -0.120. The van der Waals surface area contributed by atoms with E-state index in [1.165, 1.54) is 6.42 Å². The lowest BCUT2D eigenvalue weighted by Gasteiger charge is -2.18. The molecule has 0 amide bonds. The largest absolute Gasteiger partial charge is 0.379 e. The highest BCUT2D eigenvalue weighted by Crippen LogP contribution is 2.10. The number of rotatable bonds is 7. The van der Waals surface area contributed by atoms with Crippen molar-refractivity contribution in [3.63, 3.8) is 0 Å². The highest BCUT2D eigenvalue weighted by molar-refractivity contribution is 4.66. The maximum Gasteiger partial charge on any atom is 0.0834 e. The van der Waals surface area contributed by atoms with Gasteiger partial charge < -0.3 is 14.8 Å². The topological polar surface area (TPSA) is 30.5 Å². The molecule has 3 heteroatoms. The summed E-state index contributed by atoms with van der Waals surface area (Å²) >= 11 is 0. The van der Waals surface area contributed by atoms with Crippen molar-refractivity contribution in [2.75, 3.05) is 26.3 Å². The molecule has 1 fully saturated rings. The van der Waals surface area contributed by atoms with Crippen LogP contribution in [0.4, 0.5) is 0 Å². The zero-order chi connectivity index (χ0) is 11.1. The Morgan fingerprint density at radius 1 is 1.40 bits per heavy atom. The summed E-state index contributed by atoms with van der Waals surface area (Å²) in [6, 6.07) is 0. The summed E-state index contributed by atoms with van der Waals surface area (Å²) in [5.74, 6) is 0.775. The van der Waals surface area contributed by atoms with Gasteiger partial charge in [0.15, 0.2) is 0 Å². The van der Waals surface area contributed by atoms with Crippen molar-refractivity contribution in [3.8, 4) is 0 Å². The predicted octanol–water partition coefficient (Wildman–Crippen LogP) is 1.82. The zero-order valence-electron chi connectivity index (χ0n) is 10.3. The summed E-state index contributed by atoms with van der Waals surface area (Å²) in [5.41, 5.74) is 0. The molecule has 1 N–H and O–H groups in total. The third-order valence-corrected chi connectivity index (χ3v) is 2.64. The molecular formula is C12H25NO2. The smallest absolute Gasteiger partial charge is 0.0834 e. The molecule has 90 valence electrons. The monoisotopic (exact) mass is 215 g/mol. The van der Waals surface area contributed by atoms with Gasteiger partial charge in [-0.3, -0.25) is 0 Å². The van der Waals surface area contributed by atoms with Gasteiger partial charge in [-0.1, -0.05) is 13.8 Å². The van der Waals surface area contributed by atoms with Gasteiger partial charge in [-0.25, -0.2) is 0 Å². The van der Waals surface area contributed by atoms with Crippen molar-refractivity contribution < 1.29 is 9.47 Å². The van der Waals surface area contributed by atoms with E-state index in [0.29, 0.717) is 12.2 Å². The van der Waals surface area contributed by atoms with Crippen LogP contribution in [0.15, 0.2) is 0 Å². The van der Waals surface area contributed by atoms with Gasteiger partial charge >= 0.3 is 0 Å². The van der Waals surface area contributed by atoms with Crippen molar-refractivity contribution in [2.24, 2.45) is 5.92 Å². The van der Waals surface area contributed by atoms with E-state index in [1.54, 1.807) is 0 Å². The van der Waals surface area contributed by atoms with Crippen LogP contribution in [0.1, 0.15) is 33.6 Å². The first kappa shape index (κ1) is 12.9. The molecule has 1 rings (SSSR count). The summed E-state index contributed by atoms with van der Waals surface area (Å²) in [4.78, 5) is 0. The van der Waals surface area contributed by atoms with Crippen LogP contribution in [0, 0.1) is 5.92 Å². The van der Waals surface area contributed by atoms with Crippen molar-refractivity contribution in [1.29, 1.82) is 0 Å². The van der Waals surface area contributed by atoms with E-state index in [0.717, 1.165) is 38.6 Å². The first-order valence-electron chi connectivity index (χ1n) is 6.12. The van der Waals surface area contributed by atoms with Crippen LogP contribution < -0.4 is 5.32 Å². The van der Waals surface area contributed by atoms with Gasteiger partial charge in [-0.15, -0.1) is 0 Å². The third-order valence-electron chi connectivity index (χ3n) is 2.64. The van der Waals surface area contributed by atoms with Crippen LogP contribution in [0.25, 0.3) is 0 Å². The molecule has 0 bridgehead atoms. The fourth-order valence-electron chi connectivity index (χ4n) is 1.69. The van der Waals surface area contributed by atoms with Gasteiger partial charge in [0.25, 0.3) is 0 Å². The normalized spacial score (nSPS) is 23.6. The van der Waals surface area contributed by atoms with E-state index in [1.807, 2.05) is 0 Å². The Labute approximate surface area is 93.5 Å². The SMILES string of the molecule is CC(C)CCNCC(C)OC1CCOC1. The minimum absolute atomic E-state index is 0.295. The van der Waals surface area contributed by atoms with Gasteiger partial charge in [0.2, 0.25) is 0 Å². The molecule has 15 heavy (non-hydrogen) atoms. The van der Waals surface area contributed by atoms with Crippen LogP contribution in [-0.4, -0.2) is 38.5 Å². The summed E-state index contributed by atoms with van der Waals surface area (Å²) in [6.07, 6.45) is 2.91. The van der Waals surface area contributed by atoms with Gasteiger partial charge in [0.05, 0.1) is 18.8 Å². The molecule has 0 aromatic rings. The number of nitrogens with one attached hydrogen (secondary N) is 1. The van der Waals surface area contributed by atoms with E-state index < -0.39 is 0 Å². The second-order valence-electron chi connectivity index (χ2n) is 4.82. The molecule has 1 aliphatic heterocycles. The van der Waals surface area contributed by atoms with Crippen LogP contribution in [0.2, 0.25) is 0 Å². The maximum absolute atomic E-state index is 5.83. The predicted molar refractivity (Wildman–Crippen MR) is 62.1 cm³/mol. The molecule has 0 saturated carbocycles. The average molecular weight is 215 g/mol. The molecule has 1 aliphatic rings. The van der Waals surface area contributed by atoms with Crippen molar-refractivity contribution in [3.05, 3.63) is 0 Å². The lowest BCUT2D eigenvalue weighted by atomic mass is 10.1. The second-order valence-corrected chi connectivity index (χ2v) is 4.82. The molecule has 3 nitrogen and oxygen atoms in total. The van der Waals surface area contributed by atoms with Gasteiger partial charge in [0.1, 0.15) is 0 Å². The van der Waals surface area contributed by atoms with Gasteiger partial charge in [-0.05, 0) is 32.2 Å². The van der Waals surface area contributed by atoms with Crippen LogP contribution in [0.3, 0.4) is 0 Å². The maximum atomic E-state index is 5.83. The molecule has 2 atom stereocenters. The Morgan fingerprint density at radius 2 is 2.20 bits per heavy atom. The molecule has 0 aromatic heterocycles. The van der Waals surface area contributed by atoms with Crippen LogP contribution >= 0.6 is 0 Å². The average Bonchev–Trinajstić information content (AvgIpc) is 2.64. The summed E-state index contributed by atoms with van der Waals surface area (Å²) < 4.78 is 11.1. The molecule has 0 aliphatic carbocycles. The first-order valence-corrected chi connectivity index (χ1v) is 6.12. The minimum Gasteiger partial charge on any atom is -0.379 e. The fraction of sp³-hybridized carbons (Fsp3) is 1.00. The minimum atomic E-state index is 0.295. The molecular weight excluding hydrogens is 190 g/mol. The third kappa shape index (κ3) is 6.13. The van der Waals surface area contributed by atoms with Crippen LogP contribution in [0.5, 0.6) is 0 Å². The van der Waals surface area contributed by atoms with E-state index in [9.17, 15) is 0 Å². The van der Waals surface area contributed by atoms with Gasteiger partial charge in [0, 0.05) is 13.2 Å². The van der Waals surface area contributed by atoms with E-state index in [-0.39, 0.29) is 0 Å². The quantitative estimate of drug-likeness (QED) is 0.657. The van der Waals surface area contributed by atoms with Crippen molar-refractivity contribution in [2.45, 2.75) is 45.8 Å². The molecule has 0 aromatic carbocycles. The standard InChI is InChI=1S/C12H25NO2/c1-10(2)4-6-13-8-11(3)15-12-5-7-14-9-12/h10-13H,4-9H2,1-3H3. The fourth-order valence-corrected chi connectivity index (χ4v) is 1.69. The number of ether oxygens (including phenoxy) is 2. The Balaban J connectivity index is 1.95. The van der Waals surface area contributed by atoms with E-state index >= 15 is 0 Å². The first-order chi connectivity index (χ1) is 7.18. The molecule has 0 radical (unpaired) electrons. The lowest BCUT2D eigenvalue weighted by molar-refractivity contribution is -0.00553. The van der Waals surface area contributed by atoms with E-state index in [4.69, 9.17) is 9.47 Å². The number of hydrogen-bond donors (Lipinski definition) is 1.